The molecule has 0 spiro atoms. The summed E-state index contributed by atoms with van der Waals surface area (Å²) in [6.07, 6.45) is 0. The Hall–Kier alpha value is -2.57. The van der Waals surface area contributed by atoms with Crippen LogP contribution in [0.25, 0.3) is 0 Å². The van der Waals surface area contributed by atoms with Crippen LogP contribution in [-0.2, 0) is 0 Å². The third kappa shape index (κ3) is 2.17. The normalized spacial score (nSPS) is 11.5. The van der Waals surface area contributed by atoms with E-state index in [1.54, 1.807) is 19.2 Å². The molecule has 4 N–H and O–H groups in total. The number of nitrogens with two attached hydrogens (primary N) is 2. The fourth-order valence-corrected chi connectivity index (χ4v) is 1.28. The number of ether oxygens (including phenoxy) is 1. The van der Waals surface area contributed by atoms with E-state index in [1.807, 2.05) is 12.1 Å². The van der Waals surface area contributed by atoms with Gasteiger partial charge in [-0.2, -0.15) is 0 Å². The largest absolute Gasteiger partial charge is 0.494 e. The number of para-hydroxylation sites is 2. The number of aliphatic imine (C=N–C) groups is 1. The third-order valence-corrected chi connectivity index (χ3v) is 2.08. The second-order valence-electron chi connectivity index (χ2n) is 3.17. The summed E-state index contributed by atoms with van der Waals surface area (Å²) in [5.74, 6) is 0.819. The topological polar surface area (TPSA) is 113 Å². The minimum absolute atomic E-state index is 0.0983. The van der Waals surface area contributed by atoms with Crippen molar-refractivity contribution in [3.8, 4) is 5.75 Å². The summed E-state index contributed by atoms with van der Waals surface area (Å²) in [4.78, 5) is 4.16. The number of nitrogens with zero attached hydrogens (tertiary/aromatic N) is 3. The van der Waals surface area contributed by atoms with Crippen LogP contribution in [0.15, 0.2) is 33.9 Å². The van der Waals surface area contributed by atoms with Crippen LogP contribution >= 0.6 is 0 Å². The first-order valence-electron chi connectivity index (χ1n) is 4.78. The Balaban J connectivity index is 2.39. The van der Waals surface area contributed by atoms with Crippen LogP contribution in [0.2, 0.25) is 0 Å². The molecule has 0 aliphatic heterocycles. The quantitative estimate of drug-likeness (QED) is 0.596. The molecule has 1 heterocycles. The SMILES string of the molecule is COc1ccccc1N=C(N)c1nonc1N. The number of hydrogen-bond acceptors (Lipinski definition) is 6. The molecule has 0 unspecified atom stereocenters. The van der Waals surface area contributed by atoms with Gasteiger partial charge in [-0.05, 0) is 22.4 Å². The van der Waals surface area contributed by atoms with Gasteiger partial charge in [0.05, 0.1) is 7.11 Å². The van der Waals surface area contributed by atoms with E-state index < -0.39 is 0 Å². The van der Waals surface area contributed by atoms with Crippen LogP contribution in [0.3, 0.4) is 0 Å². The van der Waals surface area contributed by atoms with Crippen LogP contribution < -0.4 is 16.2 Å². The Labute approximate surface area is 97.0 Å². The van der Waals surface area contributed by atoms with E-state index in [0.717, 1.165) is 0 Å². The Bertz CT molecular complexity index is 549. The van der Waals surface area contributed by atoms with Crippen molar-refractivity contribution in [3.05, 3.63) is 30.0 Å². The molecule has 0 saturated heterocycles. The Kier molecular flexibility index (Phi) is 2.91. The van der Waals surface area contributed by atoms with Crippen molar-refractivity contribution >= 4 is 17.3 Å². The molecule has 0 bridgehead atoms. The van der Waals surface area contributed by atoms with Gasteiger partial charge in [0.2, 0.25) is 0 Å². The van der Waals surface area contributed by atoms with Crippen molar-refractivity contribution in [3.63, 3.8) is 0 Å². The van der Waals surface area contributed by atoms with Crippen LogP contribution in [0.5, 0.6) is 5.75 Å². The zero-order chi connectivity index (χ0) is 12.3. The van der Waals surface area contributed by atoms with E-state index in [1.165, 1.54) is 0 Å². The number of anilines is 1. The first-order valence-corrected chi connectivity index (χ1v) is 4.78. The van der Waals surface area contributed by atoms with Gasteiger partial charge in [0.1, 0.15) is 11.4 Å². The maximum absolute atomic E-state index is 5.75. The molecular weight excluding hydrogens is 222 g/mol. The highest BCUT2D eigenvalue weighted by molar-refractivity contribution is 6.00. The van der Waals surface area contributed by atoms with Crippen LogP contribution in [0.4, 0.5) is 11.5 Å². The smallest absolute Gasteiger partial charge is 0.199 e. The standard InChI is InChI=1S/C10H11N5O2/c1-16-7-5-3-2-4-6(7)13-9(11)8-10(12)15-17-14-8/h2-5H,1H3,(H2,11,13)(H2,12,15). The van der Waals surface area contributed by atoms with Gasteiger partial charge < -0.3 is 16.2 Å². The maximum Gasteiger partial charge on any atom is 0.199 e. The van der Waals surface area contributed by atoms with Crippen LogP contribution in [-0.4, -0.2) is 23.3 Å². The number of methoxy groups -OCH3 is 1. The summed E-state index contributed by atoms with van der Waals surface area (Å²) in [5, 5.41) is 6.98. The number of hydrogen-bond donors (Lipinski definition) is 2. The highest BCUT2D eigenvalue weighted by atomic mass is 16.6. The minimum Gasteiger partial charge on any atom is -0.494 e. The van der Waals surface area contributed by atoms with Gasteiger partial charge >= 0.3 is 0 Å². The molecule has 0 aliphatic carbocycles. The number of benzene rings is 1. The summed E-state index contributed by atoms with van der Waals surface area (Å²) < 4.78 is 9.58. The fourth-order valence-electron chi connectivity index (χ4n) is 1.28. The lowest BCUT2D eigenvalue weighted by molar-refractivity contribution is 0.308. The van der Waals surface area contributed by atoms with Gasteiger partial charge in [0.25, 0.3) is 0 Å². The highest BCUT2D eigenvalue weighted by Gasteiger charge is 2.11. The molecule has 17 heavy (non-hydrogen) atoms. The average molecular weight is 233 g/mol. The van der Waals surface area contributed by atoms with Gasteiger partial charge in [0, 0.05) is 0 Å². The van der Waals surface area contributed by atoms with Gasteiger partial charge in [-0.25, -0.2) is 9.62 Å². The molecule has 0 atom stereocenters. The zero-order valence-electron chi connectivity index (χ0n) is 9.12. The van der Waals surface area contributed by atoms with Crippen LogP contribution in [0.1, 0.15) is 5.69 Å². The van der Waals surface area contributed by atoms with Crippen molar-refractivity contribution < 1.29 is 9.37 Å². The van der Waals surface area contributed by atoms with Crippen molar-refractivity contribution in [1.82, 2.24) is 10.3 Å². The van der Waals surface area contributed by atoms with Crippen LogP contribution in [0, 0.1) is 0 Å². The second-order valence-corrected chi connectivity index (χ2v) is 3.17. The van der Waals surface area contributed by atoms with Crippen molar-refractivity contribution in [2.24, 2.45) is 10.7 Å². The van der Waals surface area contributed by atoms with E-state index in [-0.39, 0.29) is 17.3 Å². The molecule has 2 aromatic rings. The first-order chi connectivity index (χ1) is 8.22. The van der Waals surface area contributed by atoms with Gasteiger partial charge in [-0.1, -0.05) is 12.1 Å². The lowest BCUT2D eigenvalue weighted by Gasteiger charge is -2.03. The van der Waals surface area contributed by atoms with E-state index in [0.29, 0.717) is 11.4 Å². The van der Waals surface area contributed by atoms with E-state index in [2.05, 4.69) is 19.9 Å². The first kappa shape index (κ1) is 10.9. The monoisotopic (exact) mass is 233 g/mol. The summed E-state index contributed by atoms with van der Waals surface area (Å²) in [6.45, 7) is 0. The van der Waals surface area contributed by atoms with E-state index in [4.69, 9.17) is 16.2 Å². The number of aromatic nitrogens is 2. The van der Waals surface area contributed by atoms with Gasteiger partial charge in [-0.3, -0.25) is 0 Å². The zero-order valence-corrected chi connectivity index (χ0v) is 9.12. The number of nitrogen functional groups attached to an aromatic ring is 1. The molecule has 0 amide bonds. The lowest BCUT2D eigenvalue weighted by atomic mass is 10.3. The molecule has 0 saturated carbocycles. The molecule has 1 aromatic carbocycles. The van der Waals surface area contributed by atoms with E-state index >= 15 is 0 Å². The van der Waals surface area contributed by atoms with Crippen molar-refractivity contribution in [1.29, 1.82) is 0 Å². The predicted molar refractivity (Wildman–Crippen MR) is 62.1 cm³/mol. The van der Waals surface area contributed by atoms with Gasteiger partial charge in [-0.15, -0.1) is 0 Å². The fraction of sp³-hybridized carbons (Fsp3) is 0.100. The Morgan fingerprint density at radius 3 is 2.76 bits per heavy atom. The molecule has 2 rings (SSSR count). The number of rotatable bonds is 3. The summed E-state index contributed by atoms with van der Waals surface area (Å²) >= 11 is 0. The molecule has 0 fully saturated rings. The Morgan fingerprint density at radius 1 is 1.35 bits per heavy atom. The van der Waals surface area contributed by atoms with Crippen molar-refractivity contribution in [2.45, 2.75) is 0 Å². The van der Waals surface area contributed by atoms with E-state index in [9.17, 15) is 0 Å². The summed E-state index contributed by atoms with van der Waals surface area (Å²) in [7, 11) is 1.55. The third-order valence-electron chi connectivity index (χ3n) is 2.08. The van der Waals surface area contributed by atoms with Gasteiger partial charge in [0.15, 0.2) is 17.3 Å². The average Bonchev–Trinajstić information content (AvgIpc) is 2.76. The van der Waals surface area contributed by atoms with Crippen molar-refractivity contribution in [2.75, 3.05) is 12.8 Å². The minimum atomic E-state index is 0.0983. The predicted octanol–water partition coefficient (Wildman–Crippen LogP) is 0.697. The molecular formula is C10H11N5O2. The molecule has 0 aliphatic rings. The Morgan fingerprint density at radius 2 is 2.12 bits per heavy atom. The molecule has 7 nitrogen and oxygen atoms in total. The molecule has 88 valence electrons. The molecule has 1 aromatic heterocycles. The summed E-state index contributed by atoms with van der Waals surface area (Å²) in [5.41, 5.74) is 12.1. The number of amidine groups is 1. The maximum atomic E-state index is 5.75. The highest BCUT2D eigenvalue weighted by Crippen LogP contribution is 2.26. The second kappa shape index (κ2) is 4.52. The summed E-state index contributed by atoms with van der Waals surface area (Å²) in [6, 6.07) is 7.19. The molecule has 7 heteroatoms. The molecule has 0 radical (unpaired) electrons. The lowest BCUT2D eigenvalue weighted by Crippen LogP contribution is -2.15.